The van der Waals surface area contributed by atoms with Crippen LogP contribution >= 0.6 is 28.3 Å². The molecule has 0 spiro atoms. The summed E-state index contributed by atoms with van der Waals surface area (Å²) in [7, 11) is 1.68. The zero-order valence-electron chi connectivity index (χ0n) is 13.3. The summed E-state index contributed by atoms with van der Waals surface area (Å²) in [6.45, 7) is 1.46. The van der Waals surface area contributed by atoms with E-state index in [1.54, 1.807) is 7.11 Å². The lowest BCUT2D eigenvalue weighted by molar-refractivity contribution is 0.414. The molecule has 2 aromatic carbocycles. The molecule has 1 N–H and O–H groups in total. The molecule has 1 heterocycles. The van der Waals surface area contributed by atoms with E-state index in [4.69, 9.17) is 9.15 Å². The van der Waals surface area contributed by atoms with E-state index in [1.165, 1.54) is 5.56 Å². The van der Waals surface area contributed by atoms with Crippen LogP contribution in [0.1, 0.15) is 11.3 Å². The number of hydrogen-bond acceptors (Lipinski definition) is 3. The number of ether oxygens (including phenoxy) is 1. The van der Waals surface area contributed by atoms with Crippen molar-refractivity contribution >= 4 is 28.3 Å². The van der Waals surface area contributed by atoms with Crippen molar-refractivity contribution in [1.29, 1.82) is 0 Å². The number of nitrogens with one attached hydrogen (secondary N) is 1. The lowest BCUT2D eigenvalue weighted by Crippen LogP contribution is -2.12. The maximum absolute atomic E-state index is 5.89. The predicted molar refractivity (Wildman–Crippen MR) is 103 cm³/mol. The van der Waals surface area contributed by atoms with Crippen LogP contribution in [-0.4, -0.2) is 7.11 Å². The molecule has 0 aliphatic rings. The second-order valence-electron chi connectivity index (χ2n) is 5.23. The maximum atomic E-state index is 5.89. The van der Waals surface area contributed by atoms with Crippen LogP contribution in [0.3, 0.4) is 0 Å². The molecule has 0 saturated heterocycles. The van der Waals surface area contributed by atoms with E-state index in [1.807, 2.05) is 54.6 Å². The van der Waals surface area contributed by atoms with Crippen molar-refractivity contribution < 1.29 is 9.15 Å². The summed E-state index contributed by atoms with van der Waals surface area (Å²) in [6.07, 6.45) is 0. The van der Waals surface area contributed by atoms with E-state index in [-0.39, 0.29) is 12.4 Å². The molecule has 0 aliphatic carbocycles. The highest BCUT2D eigenvalue weighted by Gasteiger charge is 2.05. The molecular weight excluding hydrogens is 390 g/mol. The Morgan fingerprint density at radius 3 is 2.54 bits per heavy atom. The molecule has 0 saturated carbocycles. The lowest BCUT2D eigenvalue weighted by Gasteiger charge is -2.05. The van der Waals surface area contributed by atoms with Gasteiger partial charge in [0.05, 0.1) is 13.7 Å². The Labute approximate surface area is 156 Å². The van der Waals surface area contributed by atoms with Gasteiger partial charge in [-0.05, 0) is 42.0 Å². The van der Waals surface area contributed by atoms with E-state index in [9.17, 15) is 0 Å². The molecule has 24 heavy (non-hydrogen) atoms. The quantitative estimate of drug-likeness (QED) is 0.590. The highest BCUT2D eigenvalue weighted by molar-refractivity contribution is 9.10. The van der Waals surface area contributed by atoms with Crippen LogP contribution in [0.2, 0.25) is 0 Å². The summed E-state index contributed by atoms with van der Waals surface area (Å²) in [5.41, 5.74) is 2.26. The molecule has 0 unspecified atom stereocenters. The fourth-order valence-corrected chi connectivity index (χ4v) is 2.62. The van der Waals surface area contributed by atoms with Crippen molar-refractivity contribution in [1.82, 2.24) is 5.32 Å². The van der Waals surface area contributed by atoms with E-state index in [0.29, 0.717) is 6.54 Å². The largest absolute Gasteiger partial charge is 0.497 e. The first-order valence-electron chi connectivity index (χ1n) is 7.43. The molecule has 3 nitrogen and oxygen atoms in total. The second kappa shape index (κ2) is 8.92. The van der Waals surface area contributed by atoms with Gasteiger partial charge in [-0.15, -0.1) is 12.4 Å². The summed E-state index contributed by atoms with van der Waals surface area (Å²) >= 11 is 3.44. The fourth-order valence-electron chi connectivity index (χ4n) is 2.35. The fraction of sp³-hybridized carbons (Fsp3) is 0.158. The van der Waals surface area contributed by atoms with E-state index >= 15 is 0 Å². The van der Waals surface area contributed by atoms with Gasteiger partial charge in [0.2, 0.25) is 0 Å². The Morgan fingerprint density at radius 1 is 1.00 bits per heavy atom. The highest BCUT2D eigenvalue weighted by Crippen LogP contribution is 2.24. The summed E-state index contributed by atoms with van der Waals surface area (Å²) in [6, 6.07) is 20.2. The number of halogens is 2. The summed E-state index contributed by atoms with van der Waals surface area (Å²) in [5.74, 6) is 2.68. The number of hydrogen-bond donors (Lipinski definition) is 1. The molecule has 3 rings (SSSR count). The van der Waals surface area contributed by atoms with Gasteiger partial charge in [-0.3, -0.25) is 0 Å². The van der Waals surface area contributed by atoms with Crippen LogP contribution in [0, 0.1) is 0 Å². The number of rotatable bonds is 6. The molecule has 5 heteroatoms. The van der Waals surface area contributed by atoms with Gasteiger partial charge < -0.3 is 14.5 Å². The molecule has 3 aromatic rings. The monoisotopic (exact) mass is 407 g/mol. The van der Waals surface area contributed by atoms with Crippen LogP contribution in [0.15, 0.2) is 69.6 Å². The normalized spacial score (nSPS) is 10.2. The maximum Gasteiger partial charge on any atom is 0.134 e. The second-order valence-corrected chi connectivity index (χ2v) is 6.14. The Balaban J connectivity index is 0.00000208. The zero-order valence-corrected chi connectivity index (χ0v) is 15.7. The van der Waals surface area contributed by atoms with Crippen molar-refractivity contribution in [2.24, 2.45) is 0 Å². The average molecular weight is 409 g/mol. The lowest BCUT2D eigenvalue weighted by atomic mass is 10.2. The molecule has 0 bridgehead atoms. The molecule has 0 fully saturated rings. The Morgan fingerprint density at radius 2 is 1.79 bits per heavy atom. The Kier molecular flexibility index (Phi) is 6.91. The van der Waals surface area contributed by atoms with E-state index in [2.05, 4.69) is 27.3 Å². The predicted octanol–water partition coefficient (Wildman–Crippen LogP) is 5.43. The first-order valence-corrected chi connectivity index (χ1v) is 8.22. The summed E-state index contributed by atoms with van der Waals surface area (Å²) < 4.78 is 12.2. The van der Waals surface area contributed by atoms with Gasteiger partial charge in [-0.25, -0.2) is 0 Å². The van der Waals surface area contributed by atoms with Crippen LogP contribution in [0.25, 0.3) is 11.3 Å². The van der Waals surface area contributed by atoms with Gasteiger partial charge >= 0.3 is 0 Å². The molecule has 1 aromatic heterocycles. The minimum Gasteiger partial charge on any atom is -0.497 e. The van der Waals surface area contributed by atoms with Crippen molar-refractivity contribution in [3.8, 4) is 17.1 Å². The third-order valence-corrected chi connectivity index (χ3v) is 4.08. The number of furan rings is 1. The molecule has 0 amide bonds. The van der Waals surface area contributed by atoms with Gasteiger partial charge in [-0.1, -0.05) is 40.2 Å². The summed E-state index contributed by atoms with van der Waals surface area (Å²) in [4.78, 5) is 0. The minimum atomic E-state index is 0. The number of methoxy groups -OCH3 is 1. The van der Waals surface area contributed by atoms with Crippen LogP contribution < -0.4 is 10.1 Å². The third kappa shape index (κ3) is 4.87. The molecule has 0 atom stereocenters. The molecule has 0 aliphatic heterocycles. The molecule has 126 valence electrons. The molecular formula is C19H19BrClNO2. The SMILES string of the molecule is COc1cccc(CNCc2ccc(-c3ccc(Br)cc3)o2)c1.Cl. The van der Waals surface area contributed by atoms with Crippen molar-refractivity contribution in [3.63, 3.8) is 0 Å². The Hall–Kier alpha value is -1.75. The third-order valence-electron chi connectivity index (χ3n) is 3.55. The summed E-state index contributed by atoms with van der Waals surface area (Å²) in [5, 5.41) is 3.39. The van der Waals surface area contributed by atoms with Crippen molar-refractivity contribution in [2.45, 2.75) is 13.1 Å². The Bertz CT molecular complexity index is 771. The average Bonchev–Trinajstić information content (AvgIpc) is 3.04. The van der Waals surface area contributed by atoms with Gasteiger partial charge in [0.25, 0.3) is 0 Å². The first-order chi connectivity index (χ1) is 11.2. The van der Waals surface area contributed by atoms with Crippen molar-refractivity contribution in [2.75, 3.05) is 7.11 Å². The van der Waals surface area contributed by atoms with Gasteiger partial charge in [-0.2, -0.15) is 0 Å². The zero-order chi connectivity index (χ0) is 16.1. The van der Waals surface area contributed by atoms with Crippen LogP contribution in [0.5, 0.6) is 5.75 Å². The topological polar surface area (TPSA) is 34.4 Å². The first kappa shape index (κ1) is 18.6. The number of benzene rings is 2. The van der Waals surface area contributed by atoms with Gasteiger partial charge in [0, 0.05) is 16.6 Å². The highest BCUT2D eigenvalue weighted by atomic mass is 79.9. The van der Waals surface area contributed by atoms with E-state index < -0.39 is 0 Å². The van der Waals surface area contributed by atoms with Gasteiger partial charge in [0.1, 0.15) is 17.3 Å². The molecule has 0 radical (unpaired) electrons. The van der Waals surface area contributed by atoms with Crippen LogP contribution in [-0.2, 0) is 13.1 Å². The smallest absolute Gasteiger partial charge is 0.134 e. The van der Waals surface area contributed by atoms with Crippen molar-refractivity contribution in [3.05, 3.63) is 76.5 Å². The standard InChI is InChI=1S/C19H18BrNO2.ClH/c1-22-17-4-2-3-14(11-17)12-21-13-18-9-10-19(23-18)15-5-7-16(20)8-6-15;/h2-11,21H,12-13H2,1H3;1H. The van der Waals surface area contributed by atoms with Gasteiger partial charge in [0.15, 0.2) is 0 Å². The minimum absolute atomic E-state index is 0. The van der Waals surface area contributed by atoms with Crippen LogP contribution in [0.4, 0.5) is 0 Å². The van der Waals surface area contributed by atoms with E-state index in [0.717, 1.165) is 33.9 Å².